The smallest absolute Gasteiger partial charge is 0.0707 e. The van der Waals surface area contributed by atoms with E-state index in [0.717, 1.165) is 25.5 Å². The number of nitrogens with two attached hydrogens (primary N) is 1. The Morgan fingerprint density at radius 3 is 2.81 bits per heavy atom. The lowest BCUT2D eigenvalue weighted by Gasteiger charge is -2.20. The van der Waals surface area contributed by atoms with Crippen LogP contribution in [0.25, 0.3) is 0 Å². The number of ether oxygens (including phenoxy) is 2. The Kier molecular flexibility index (Phi) is 4.58. The Bertz CT molecular complexity index is 213. The molecule has 4 nitrogen and oxygen atoms in total. The van der Waals surface area contributed by atoms with Gasteiger partial charge in [-0.05, 0) is 31.7 Å². The highest BCUT2D eigenvalue weighted by Gasteiger charge is 2.29. The lowest BCUT2D eigenvalue weighted by atomic mass is 10.1. The molecule has 0 aromatic heterocycles. The molecule has 2 N–H and O–H groups in total. The third kappa shape index (κ3) is 3.17. The Hall–Kier alpha value is -0.160. The Balaban J connectivity index is 1.67. The van der Waals surface area contributed by atoms with E-state index in [2.05, 4.69) is 4.90 Å². The summed E-state index contributed by atoms with van der Waals surface area (Å²) in [7, 11) is 1.79. The Morgan fingerprint density at radius 2 is 2.12 bits per heavy atom. The zero-order chi connectivity index (χ0) is 11.4. The van der Waals surface area contributed by atoms with Crippen molar-refractivity contribution in [3.8, 4) is 0 Å². The summed E-state index contributed by atoms with van der Waals surface area (Å²) < 4.78 is 11.1. The van der Waals surface area contributed by atoms with Crippen LogP contribution in [0.3, 0.4) is 0 Å². The van der Waals surface area contributed by atoms with Gasteiger partial charge in [0.25, 0.3) is 0 Å². The van der Waals surface area contributed by atoms with Crippen molar-refractivity contribution in [3.05, 3.63) is 0 Å². The van der Waals surface area contributed by atoms with Crippen LogP contribution in [0.5, 0.6) is 0 Å². The summed E-state index contributed by atoms with van der Waals surface area (Å²) in [6.07, 6.45) is 4.29. The normalized spacial score (nSPS) is 36.0. The third-order valence-corrected chi connectivity index (χ3v) is 3.69. The lowest BCUT2D eigenvalue weighted by Crippen LogP contribution is -2.32. The molecule has 2 aliphatic rings. The van der Waals surface area contributed by atoms with Gasteiger partial charge in [-0.1, -0.05) is 0 Å². The molecule has 16 heavy (non-hydrogen) atoms. The summed E-state index contributed by atoms with van der Waals surface area (Å²) >= 11 is 0. The minimum Gasteiger partial charge on any atom is -0.384 e. The zero-order valence-corrected chi connectivity index (χ0v) is 10.2. The molecule has 3 unspecified atom stereocenters. The van der Waals surface area contributed by atoms with Crippen molar-refractivity contribution in [1.29, 1.82) is 0 Å². The van der Waals surface area contributed by atoms with Crippen molar-refractivity contribution >= 4 is 0 Å². The van der Waals surface area contributed by atoms with Crippen LogP contribution in [0.1, 0.15) is 19.3 Å². The van der Waals surface area contributed by atoms with Crippen molar-refractivity contribution in [2.75, 3.05) is 39.9 Å². The number of methoxy groups -OCH3 is 1. The minimum atomic E-state index is 0.308. The van der Waals surface area contributed by atoms with Gasteiger partial charge < -0.3 is 20.1 Å². The number of hydrogen-bond acceptors (Lipinski definition) is 4. The fourth-order valence-corrected chi connectivity index (χ4v) is 2.83. The predicted octanol–water partition coefficient (Wildman–Crippen LogP) is 0.461. The van der Waals surface area contributed by atoms with Gasteiger partial charge in [0.15, 0.2) is 0 Å². The van der Waals surface area contributed by atoms with Crippen LogP contribution in [-0.4, -0.2) is 57.0 Å². The predicted molar refractivity (Wildman–Crippen MR) is 63.4 cm³/mol. The molecule has 0 saturated carbocycles. The van der Waals surface area contributed by atoms with Crippen LogP contribution in [0.4, 0.5) is 0 Å². The van der Waals surface area contributed by atoms with Gasteiger partial charge in [-0.15, -0.1) is 0 Å². The van der Waals surface area contributed by atoms with Crippen molar-refractivity contribution in [2.24, 2.45) is 11.7 Å². The van der Waals surface area contributed by atoms with E-state index in [0.29, 0.717) is 18.8 Å². The highest BCUT2D eigenvalue weighted by Crippen LogP contribution is 2.23. The van der Waals surface area contributed by atoms with E-state index in [9.17, 15) is 0 Å². The first kappa shape index (κ1) is 12.3. The van der Waals surface area contributed by atoms with E-state index in [1.54, 1.807) is 7.11 Å². The van der Waals surface area contributed by atoms with Crippen LogP contribution in [0.2, 0.25) is 0 Å². The monoisotopic (exact) mass is 228 g/mol. The van der Waals surface area contributed by atoms with Gasteiger partial charge in [0, 0.05) is 26.7 Å². The second-order valence-corrected chi connectivity index (χ2v) is 5.06. The van der Waals surface area contributed by atoms with Crippen molar-refractivity contribution in [2.45, 2.75) is 31.5 Å². The van der Waals surface area contributed by atoms with E-state index < -0.39 is 0 Å². The first-order valence-corrected chi connectivity index (χ1v) is 6.38. The quantitative estimate of drug-likeness (QED) is 0.743. The highest BCUT2D eigenvalue weighted by atomic mass is 16.5. The molecule has 0 spiro atoms. The fourth-order valence-electron chi connectivity index (χ4n) is 2.83. The second-order valence-electron chi connectivity index (χ2n) is 5.06. The molecule has 0 amide bonds. The van der Waals surface area contributed by atoms with Crippen molar-refractivity contribution < 1.29 is 9.47 Å². The van der Waals surface area contributed by atoms with E-state index >= 15 is 0 Å². The topological polar surface area (TPSA) is 47.7 Å². The molecule has 0 aromatic carbocycles. The van der Waals surface area contributed by atoms with Gasteiger partial charge >= 0.3 is 0 Å². The Morgan fingerprint density at radius 1 is 1.31 bits per heavy atom. The largest absolute Gasteiger partial charge is 0.384 e. The molecule has 4 heteroatoms. The molecule has 2 rings (SSSR count). The maximum Gasteiger partial charge on any atom is 0.0707 e. The summed E-state index contributed by atoms with van der Waals surface area (Å²) in [4.78, 5) is 2.51. The molecule has 2 aliphatic heterocycles. The average molecular weight is 228 g/mol. The average Bonchev–Trinajstić information content (AvgIpc) is 2.89. The van der Waals surface area contributed by atoms with Gasteiger partial charge in [-0.2, -0.15) is 0 Å². The summed E-state index contributed by atoms with van der Waals surface area (Å²) in [5.74, 6) is 0.719. The van der Waals surface area contributed by atoms with Gasteiger partial charge in [0.05, 0.1) is 18.8 Å². The molecule has 2 saturated heterocycles. The number of nitrogens with zero attached hydrogens (tertiary/aromatic N) is 1. The van der Waals surface area contributed by atoms with Crippen molar-refractivity contribution in [3.63, 3.8) is 0 Å². The third-order valence-electron chi connectivity index (χ3n) is 3.69. The van der Waals surface area contributed by atoms with Gasteiger partial charge in [0.1, 0.15) is 0 Å². The summed E-state index contributed by atoms with van der Waals surface area (Å²) in [6, 6.07) is 0. The first-order valence-electron chi connectivity index (χ1n) is 6.38. The maximum absolute atomic E-state index is 5.87. The summed E-state index contributed by atoms with van der Waals surface area (Å²) in [5, 5.41) is 0. The summed E-state index contributed by atoms with van der Waals surface area (Å²) in [5.41, 5.74) is 5.61. The molecule has 0 aromatic rings. The fraction of sp³-hybridized carbons (Fsp3) is 1.00. The van der Waals surface area contributed by atoms with Crippen LogP contribution < -0.4 is 5.73 Å². The molecule has 3 atom stereocenters. The van der Waals surface area contributed by atoms with E-state index in [4.69, 9.17) is 15.2 Å². The van der Waals surface area contributed by atoms with E-state index in [-0.39, 0.29) is 0 Å². The standard InChI is InChI=1S/C12H24N2O2/c1-15-9-10-4-5-14(7-10)8-12-3-2-11(6-13)16-12/h10-12H,2-9,13H2,1H3. The number of likely N-dealkylation sites (tertiary alicyclic amines) is 1. The Labute approximate surface area is 98.1 Å². The van der Waals surface area contributed by atoms with Gasteiger partial charge in [-0.25, -0.2) is 0 Å². The van der Waals surface area contributed by atoms with Gasteiger partial charge in [0.2, 0.25) is 0 Å². The summed E-state index contributed by atoms with van der Waals surface area (Å²) in [6.45, 7) is 5.01. The van der Waals surface area contributed by atoms with Crippen LogP contribution >= 0.6 is 0 Å². The van der Waals surface area contributed by atoms with Crippen molar-refractivity contribution in [1.82, 2.24) is 4.90 Å². The molecular weight excluding hydrogens is 204 g/mol. The molecule has 0 aliphatic carbocycles. The molecule has 2 heterocycles. The zero-order valence-electron chi connectivity index (χ0n) is 10.2. The SMILES string of the molecule is COCC1CCN(CC2CCC(CN)O2)C1. The second kappa shape index (κ2) is 5.96. The number of rotatable bonds is 5. The molecule has 0 bridgehead atoms. The molecule has 0 radical (unpaired) electrons. The van der Waals surface area contributed by atoms with Crippen LogP contribution in [-0.2, 0) is 9.47 Å². The van der Waals surface area contributed by atoms with Crippen LogP contribution in [0, 0.1) is 5.92 Å². The van der Waals surface area contributed by atoms with Crippen LogP contribution in [0.15, 0.2) is 0 Å². The number of hydrogen-bond donors (Lipinski definition) is 1. The van der Waals surface area contributed by atoms with E-state index in [1.165, 1.54) is 25.9 Å². The van der Waals surface area contributed by atoms with E-state index in [1.807, 2.05) is 0 Å². The lowest BCUT2D eigenvalue weighted by molar-refractivity contribution is 0.0300. The minimum absolute atomic E-state index is 0.308. The molecule has 2 fully saturated rings. The van der Waals surface area contributed by atoms with Gasteiger partial charge in [-0.3, -0.25) is 0 Å². The maximum atomic E-state index is 5.87. The molecular formula is C12H24N2O2. The first-order chi connectivity index (χ1) is 7.81. The molecule has 94 valence electrons. The highest BCUT2D eigenvalue weighted by molar-refractivity contribution is 4.81.